The summed E-state index contributed by atoms with van der Waals surface area (Å²) in [5, 5.41) is 5.70. The predicted octanol–water partition coefficient (Wildman–Crippen LogP) is 2.47. The summed E-state index contributed by atoms with van der Waals surface area (Å²) < 4.78 is 14.8. The Balaban J connectivity index is 1.69. The van der Waals surface area contributed by atoms with Gasteiger partial charge in [-0.3, -0.25) is 9.59 Å². The van der Waals surface area contributed by atoms with E-state index in [1.165, 1.54) is 12.1 Å². The van der Waals surface area contributed by atoms with Crippen LogP contribution in [0.1, 0.15) is 58.6 Å². The maximum absolute atomic E-state index is 13.0. The van der Waals surface area contributed by atoms with E-state index in [2.05, 4.69) is 15.6 Å². The summed E-state index contributed by atoms with van der Waals surface area (Å²) in [5.74, 6) is -0.453. The maximum Gasteiger partial charge on any atom is 0.287 e. The van der Waals surface area contributed by atoms with Gasteiger partial charge in [-0.05, 0) is 49.8 Å². The Labute approximate surface area is 158 Å². The highest BCUT2D eigenvalue weighted by Gasteiger charge is 2.27. The second-order valence-corrected chi connectivity index (χ2v) is 6.73. The first-order valence-corrected chi connectivity index (χ1v) is 9.50. The molecule has 2 amide bonds. The third-order valence-electron chi connectivity index (χ3n) is 4.68. The fraction of sp³-hybridized carbons (Fsp3) is 0.450. The second-order valence-electron chi connectivity index (χ2n) is 6.73. The van der Waals surface area contributed by atoms with Crippen molar-refractivity contribution in [3.05, 3.63) is 52.9 Å². The Hall–Kier alpha value is -2.70. The quantitative estimate of drug-likeness (QED) is 0.784. The zero-order chi connectivity index (χ0) is 19.2. The number of amides is 2. The molecule has 0 atom stereocenters. The molecule has 7 heteroatoms. The zero-order valence-corrected chi connectivity index (χ0v) is 15.6. The highest BCUT2D eigenvalue weighted by molar-refractivity contribution is 5.97. The number of benzene rings is 1. The van der Waals surface area contributed by atoms with Crippen LogP contribution in [0.4, 0.5) is 4.39 Å². The summed E-state index contributed by atoms with van der Waals surface area (Å²) in [4.78, 5) is 29.4. The average Bonchev–Trinajstić information content (AvgIpc) is 3.07. The number of aromatic nitrogens is 2. The fourth-order valence-corrected chi connectivity index (χ4v) is 3.27. The second kappa shape index (κ2) is 8.79. The van der Waals surface area contributed by atoms with Crippen LogP contribution in [-0.4, -0.2) is 34.5 Å². The van der Waals surface area contributed by atoms with Crippen molar-refractivity contribution < 1.29 is 14.0 Å². The van der Waals surface area contributed by atoms with Gasteiger partial charge in [0.1, 0.15) is 11.5 Å². The van der Waals surface area contributed by atoms with Gasteiger partial charge in [0.05, 0.1) is 5.69 Å². The third kappa shape index (κ3) is 4.53. The zero-order valence-electron chi connectivity index (χ0n) is 15.6. The van der Waals surface area contributed by atoms with E-state index in [-0.39, 0.29) is 17.6 Å². The number of fused-ring (bicyclic) bond motifs is 1. The molecule has 6 nitrogen and oxygen atoms in total. The van der Waals surface area contributed by atoms with Gasteiger partial charge in [0.25, 0.3) is 11.8 Å². The molecule has 0 spiro atoms. The first-order valence-electron chi connectivity index (χ1n) is 9.50. The van der Waals surface area contributed by atoms with Crippen LogP contribution >= 0.6 is 0 Å². The van der Waals surface area contributed by atoms with Gasteiger partial charge in [-0.15, -0.1) is 0 Å². The molecule has 1 aromatic heterocycles. The summed E-state index contributed by atoms with van der Waals surface area (Å²) in [6.45, 7) is 3.70. The molecular formula is C20H25FN4O2. The predicted molar refractivity (Wildman–Crippen MR) is 100 cm³/mol. The molecule has 144 valence electrons. The standard InChI is InChI=1S/C20H25FN4O2/c1-2-11-22-20(27)18-24-17(16-5-3-4-13-25(16)18)19(26)23-12-10-14-6-8-15(21)9-7-14/h6-9H,2-5,10-13H2,1H3,(H,22,27)(H,23,26). The van der Waals surface area contributed by atoms with Crippen LogP contribution < -0.4 is 10.6 Å². The number of carbonyl (C=O) groups excluding carboxylic acids is 2. The minimum atomic E-state index is -0.277. The first-order chi connectivity index (χ1) is 13.1. The van der Waals surface area contributed by atoms with Crippen LogP contribution in [0, 0.1) is 5.82 Å². The van der Waals surface area contributed by atoms with Crippen LogP contribution in [0.5, 0.6) is 0 Å². The van der Waals surface area contributed by atoms with Crippen molar-refractivity contribution >= 4 is 11.8 Å². The number of carbonyl (C=O) groups is 2. The molecule has 0 radical (unpaired) electrons. The topological polar surface area (TPSA) is 76.0 Å². The fourth-order valence-electron chi connectivity index (χ4n) is 3.27. The monoisotopic (exact) mass is 372 g/mol. The van der Waals surface area contributed by atoms with E-state index in [9.17, 15) is 14.0 Å². The van der Waals surface area contributed by atoms with Crippen molar-refractivity contribution in [3.8, 4) is 0 Å². The van der Waals surface area contributed by atoms with Gasteiger partial charge in [0.15, 0.2) is 5.82 Å². The van der Waals surface area contributed by atoms with Crippen molar-refractivity contribution in [3.63, 3.8) is 0 Å². The van der Waals surface area contributed by atoms with Gasteiger partial charge in [0, 0.05) is 19.6 Å². The summed E-state index contributed by atoms with van der Waals surface area (Å²) in [6.07, 6.45) is 4.15. The Kier molecular flexibility index (Phi) is 6.21. The van der Waals surface area contributed by atoms with Gasteiger partial charge in [-0.1, -0.05) is 19.1 Å². The lowest BCUT2D eigenvalue weighted by molar-refractivity contribution is 0.0937. The lowest BCUT2D eigenvalue weighted by Gasteiger charge is -2.17. The van der Waals surface area contributed by atoms with E-state index >= 15 is 0 Å². The van der Waals surface area contributed by atoms with Gasteiger partial charge in [-0.25, -0.2) is 9.37 Å². The summed E-state index contributed by atoms with van der Waals surface area (Å²) in [7, 11) is 0. The highest BCUT2D eigenvalue weighted by atomic mass is 19.1. The van der Waals surface area contributed by atoms with Crippen LogP contribution in [0.15, 0.2) is 24.3 Å². The molecule has 1 aliphatic heterocycles. The van der Waals surface area contributed by atoms with Crippen molar-refractivity contribution in [1.29, 1.82) is 0 Å². The molecule has 1 aliphatic rings. The van der Waals surface area contributed by atoms with Gasteiger partial charge in [-0.2, -0.15) is 0 Å². The summed E-state index contributed by atoms with van der Waals surface area (Å²) in [6, 6.07) is 6.22. The molecule has 0 aliphatic carbocycles. The molecule has 1 aromatic carbocycles. The molecule has 0 bridgehead atoms. The molecule has 0 fully saturated rings. The van der Waals surface area contributed by atoms with Crippen LogP contribution in [0.2, 0.25) is 0 Å². The van der Waals surface area contributed by atoms with Gasteiger partial charge in [0.2, 0.25) is 0 Å². The van der Waals surface area contributed by atoms with E-state index in [0.717, 1.165) is 36.9 Å². The van der Waals surface area contributed by atoms with Crippen molar-refractivity contribution in [2.45, 2.75) is 45.6 Å². The third-order valence-corrected chi connectivity index (χ3v) is 4.68. The largest absolute Gasteiger partial charge is 0.350 e. The van der Waals surface area contributed by atoms with E-state index in [4.69, 9.17) is 0 Å². The number of nitrogens with zero attached hydrogens (tertiary/aromatic N) is 2. The minimum absolute atomic E-state index is 0.231. The minimum Gasteiger partial charge on any atom is -0.350 e. The van der Waals surface area contributed by atoms with Crippen molar-refractivity contribution in [1.82, 2.24) is 20.2 Å². The lowest BCUT2D eigenvalue weighted by Crippen LogP contribution is -2.28. The number of nitrogens with one attached hydrogen (secondary N) is 2. The van der Waals surface area contributed by atoms with Crippen molar-refractivity contribution in [2.24, 2.45) is 0 Å². The van der Waals surface area contributed by atoms with E-state index in [1.807, 2.05) is 11.5 Å². The maximum atomic E-state index is 13.0. The molecule has 0 saturated heterocycles. The number of hydrogen-bond donors (Lipinski definition) is 2. The molecule has 2 aromatic rings. The summed E-state index contributed by atoms with van der Waals surface area (Å²) in [5.41, 5.74) is 2.13. The molecule has 2 N–H and O–H groups in total. The highest BCUT2D eigenvalue weighted by Crippen LogP contribution is 2.21. The van der Waals surface area contributed by atoms with E-state index in [1.54, 1.807) is 12.1 Å². The molecule has 2 heterocycles. The molecule has 3 rings (SSSR count). The Bertz CT molecular complexity index is 814. The van der Waals surface area contributed by atoms with Crippen LogP contribution in [0.3, 0.4) is 0 Å². The van der Waals surface area contributed by atoms with Crippen molar-refractivity contribution in [2.75, 3.05) is 13.1 Å². The SMILES string of the molecule is CCCNC(=O)c1nc(C(=O)NCCc2ccc(F)cc2)c2n1CCCC2. The van der Waals surface area contributed by atoms with Gasteiger partial charge >= 0.3 is 0 Å². The normalized spacial score (nSPS) is 13.1. The Morgan fingerprint density at radius 2 is 1.85 bits per heavy atom. The summed E-state index contributed by atoms with van der Waals surface area (Å²) >= 11 is 0. The smallest absolute Gasteiger partial charge is 0.287 e. The Morgan fingerprint density at radius 1 is 1.11 bits per heavy atom. The number of halogens is 1. The molecular weight excluding hydrogens is 347 g/mol. The lowest BCUT2D eigenvalue weighted by atomic mass is 10.1. The molecule has 0 saturated carbocycles. The number of rotatable bonds is 7. The molecule has 0 unspecified atom stereocenters. The van der Waals surface area contributed by atoms with Crippen LogP contribution in [0.25, 0.3) is 0 Å². The molecule has 27 heavy (non-hydrogen) atoms. The van der Waals surface area contributed by atoms with E-state index < -0.39 is 0 Å². The first kappa shape index (κ1) is 19.1. The Morgan fingerprint density at radius 3 is 2.59 bits per heavy atom. The average molecular weight is 372 g/mol. The number of hydrogen-bond acceptors (Lipinski definition) is 3. The van der Waals surface area contributed by atoms with Crippen LogP contribution in [-0.2, 0) is 19.4 Å². The van der Waals surface area contributed by atoms with E-state index in [0.29, 0.717) is 37.6 Å². The van der Waals surface area contributed by atoms with Gasteiger partial charge < -0.3 is 15.2 Å². The number of imidazole rings is 1.